The second-order valence-corrected chi connectivity index (χ2v) is 7.63. The average molecular weight is 419 g/mol. The summed E-state index contributed by atoms with van der Waals surface area (Å²) in [7, 11) is 1.56. The number of aliphatic hydroxyl groups is 1. The molecular formula is C23H25N5O3. The third-order valence-electron chi connectivity index (χ3n) is 5.53. The van der Waals surface area contributed by atoms with Crippen molar-refractivity contribution in [2.45, 2.75) is 26.0 Å². The van der Waals surface area contributed by atoms with Crippen molar-refractivity contribution >= 4 is 22.5 Å². The van der Waals surface area contributed by atoms with E-state index in [0.29, 0.717) is 31.7 Å². The Morgan fingerprint density at radius 1 is 1.29 bits per heavy atom. The second-order valence-electron chi connectivity index (χ2n) is 7.63. The standard InChI is InChI=1S/C23H25N5O3/c1-3-15-9-19-20(27-22(15)30)8-14(10-25-19)12-28-7-6-17(21(29)13-28)16-4-5-18(26-11-16)23(31)24-2/h4-6,8-11,21,29H,3,7,12-13H2,1-2H3,(H,24,31)(H,27,30). The number of carbonyl (C=O) groups excluding carboxylic acids is 1. The van der Waals surface area contributed by atoms with Crippen molar-refractivity contribution in [3.8, 4) is 0 Å². The van der Waals surface area contributed by atoms with E-state index in [4.69, 9.17) is 0 Å². The lowest BCUT2D eigenvalue weighted by Gasteiger charge is -2.30. The molecule has 4 heterocycles. The van der Waals surface area contributed by atoms with Gasteiger partial charge >= 0.3 is 0 Å². The van der Waals surface area contributed by atoms with Crippen molar-refractivity contribution in [3.63, 3.8) is 0 Å². The molecule has 0 bridgehead atoms. The molecule has 0 aromatic carbocycles. The molecule has 3 aromatic heterocycles. The Labute approximate surface area is 179 Å². The number of hydrogen-bond acceptors (Lipinski definition) is 6. The summed E-state index contributed by atoms with van der Waals surface area (Å²) in [5.41, 5.74) is 5.05. The van der Waals surface area contributed by atoms with Crippen LogP contribution in [-0.4, -0.2) is 57.1 Å². The Kier molecular flexibility index (Phi) is 5.92. The van der Waals surface area contributed by atoms with Gasteiger partial charge in [0.15, 0.2) is 0 Å². The van der Waals surface area contributed by atoms with Crippen LogP contribution in [0, 0.1) is 0 Å². The molecule has 3 aromatic rings. The van der Waals surface area contributed by atoms with E-state index in [2.05, 4.69) is 25.2 Å². The molecule has 1 atom stereocenters. The monoisotopic (exact) mass is 419 g/mol. The normalized spacial score (nSPS) is 16.9. The smallest absolute Gasteiger partial charge is 0.269 e. The van der Waals surface area contributed by atoms with Gasteiger partial charge in [0.25, 0.3) is 11.5 Å². The molecule has 1 amide bonds. The van der Waals surface area contributed by atoms with Gasteiger partial charge in [-0.1, -0.05) is 19.1 Å². The summed E-state index contributed by atoms with van der Waals surface area (Å²) < 4.78 is 0. The number of aliphatic hydroxyl groups excluding tert-OH is 1. The molecule has 4 rings (SSSR count). The highest BCUT2D eigenvalue weighted by Gasteiger charge is 2.22. The molecule has 8 nitrogen and oxygen atoms in total. The van der Waals surface area contributed by atoms with Crippen molar-refractivity contribution in [3.05, 3.63) is 75.5 Å². The van der Waals surface area contributed by atoms with E-state index in [1.807, 2.05) is 31.3 Å². The average Bonchev–Trinajstić information content (AvgIpc) is 2.78. The van der Waals surface area contributed by atoms with Crippen molar-refractivity contribution in [2.24, 2.45) is 0 Å². The van der Waals surface area contributed by atoms with Gasteiger partial charge in [0.2, 0.25) is 0 Å². The Morgan fingerprint density at radius 3 is 2.81 bits per heavy atom. The highest BCUT2D eigenvalue weighted by molar-refractivity contribution is 5.92. The van der Waals surface area contributed by atoms with Crippen LogP contribution in [0.5, 0.6) is 0 Å². The van der Waals surface area contributed by atoms with Crippen molar-refractivity contribution in [1.82, 2.24) is 25.2 Å². The summed E-state index contributed by atoms with van der Waals surface area (Å²) in [6, 6.07) is 7.23. The Hall–Kier alpha value is -3.36. The summed E-state index contributed by atoms with van der Waals surface area (Å²) in [6.45, 7) is 3.68. The molecule has 1 aliphatic heterocycles. The van der Waals surface area contributed by atoms with Gasteiger partial charge in [-0.3, -0.25) is 24.5 Å². The van der Waals surface area contributed by atoms with Crippen LogP contribution >= 0.6 is 0 Å². The molecule has 0 fully saturated rings. The third-order valence-corrected chi connectivity index (χ3v) is 5.53. The first-order valence-electron chi connectivity index (χ1n) is 10.3. The highest BCUT2D eigenvalue weighted by atomic mass is 16.3. The number of aromatic nitrogens is 3. The quantitative estimate of drug-likeness (QED) is 0.578. The van der Waals surface area contributed by atoms with Crippen LogP contribution in [-0.2, 0) is 13.0 Å². The fourth-order valence-corrected chi connectivity index (χ4v) is 3.82. The van der Waals surface area contributed by atoms with Crippen LogP contribution in [0.15, 0.2) is 47.5 Å². The van der Waals surface area contributed by atoms with E-state index >= 15 is 0 Å². The molecule has 0 saturated heterocycles. The summed E-state index contributed by atoms with van der Waals surface area (Å²) in [5, 5.41) is 13.2. The molecule has 160 valence electrons. The van der Waals surface area contributed by atoms with Gasteiger partial charge in [0.1, 0.15) is 5.69 Å². The zero-order chi connectivity index (χ0) is 22.0. The lowest BCUT2D eigenvalue weighted by Crippen LogP contribution is -2.37. The molecule has 31 heavy (non-hydrogen) atoms. The van der Waals surface area contributed by atoms with E-state index in [0.717, 1.165) is 33.3 Å². The van der Waals surface area contributed by atoms with Crippen LogP contribution in [0.2, 0.25) is 0 Å². The molecular weight excluding hydrogens is 394 g/mol. The number of aryl methyl sites for hydroxylation is 1. The molecule has 0 radical (unpaired) electrons. The van der Waals surface area contributed by atoms with E-state index in [1.54, 1.807) is 25.4 Å². The Balaban J connectivity index is 1.48. The van der Waals surface area contributed by atoms with E-state index in [9.17, 15) is 14.7 Å². The Bertz CT molecular complexity index is 1200. The topological polar surface area (TPSA) is 111 Å². The summed E-state index contributed by atoms with van der Waals surface area (Å²) in [4.78, 5) is 37.4. The molecule has 8 heteroatoms. The molecule has 3 N–H and O–H groups in total. The number of rotatable bonds is 5. The third kappa shape index (κ3) is 4.40. The lowest BCUT2D eigenvalue weighted by atomic mass is 9.98. The minimum Gasteiger partial charge on any atom is -0.387 e. The number of H-pyrrole nitrogens is 1. The van der Waals surface area contributed by atoms with Gasteiger partial charge < -0.3 is 15.4 Å². The maximum absolute atomic E-state index is 12.1. The van der Waals surface area contributed by atoms with Crippen LogP contribution < -0.4 is 10.9 Å². The minimum atomic E-state index is -0.665. The van der Waals surface area contributed by atoms with Gasteiger partial charge in [-0.05, 0) is 41.3 Å². The zero-order valence-electron chi connectivity index (χ0n) is 17.6. The molecule has 0 saturated carbocycles. The van der Waals surface area contributed by atoms with Crippen molar-refractivity contribution in [2.75, 3.05) is 20.1 Å². The number of amides is 1. The number of pyridine rings is 3. The fraction of sp³-hybridized carbons (Fsp3) is 0.304. The maximum atomic E-state index is 12.1. The van der Waals surface area contributed by atoms with Gasteiger partial charge in [-0.25, -0.2) is 0 Å². The molecule has 0 spiro atoms. The number of nitrogens with one attached hydrogen (secondary N) is 2. The van der Waals surface area contributed by atoms with Crippen LogP contribution in [0.25, 0.3) is 16.6 Å². The number of fused-ring (bicyclic) bond motifs is 1. The predicted octanol–water partition coefficient (Wildman–Crippen LogP) is 1.50. The van der Waals surface area contributed by atoms with Gasteiger partial charge in [0, 0.05) is 44.6 Å². The maximum Gasteiger partial charge on any atom is 0.269 e. The van der Waals surface area contributed by atoms with Crippen molar-refractivity contribution < 1.29 is 9.90 Å². The second kappa shape index (κ2) is 8.79. The van der Waals surface area contributed by atoms with E-state index in [1.165, 1.54) is 0 Å². The molecule has 1 aliphatic rings. The number of hydrogen-bond donors (Lipinski definition) is 3. The Morgan fingerprint density at radius 2 is 2.13 bits per heavy atom. The predicted molar refractivity (Wildman–Crippen MR) is 119 cm³/mol. The number of nitrogens with zero attached hydrogens (tertiary/aromatic N) is 3. The summed E-state index contributed by atoms with van der Waals surface area (Å²) in [5.74, 6) is -0.243. The summed E-state index contributed by atoms with van der Waals surface area (Å²) >= 11 is 0. The summed E-state index contributed by atoms with van der Waals surface area (Å²) in [6.07, 6.45) is 5.41. The largest absolute Gasteiger partial charge is 0.387 e. The SMILES string of the molecule is CCc1cc2ncc(CN3CC=C(c4ccc(C(=O)NC)nc4)C(O)C3)cc2[nH]c1=O. The fourth-order valence-electron chi connectivity index (χ4n) is 3.82. The van der Waals surface area contributed by atoms with Crippen LogP contribution in [0.3, 0.4) is 0 Å². The first-order valence-corrected chi connectivity index (χ1v) is 10.3. The number of aromatic amines is 1. The zero-order valence-corrected chi connectivity index (χ0v) is 17.6. The van der Waals surface area contributed by atoms with E-state index in [-0.39, 0.29) is 11.5 Å². The van der Waals surface area contributed by atoms with Crippen molar-refractivity contribution in [1.29, 1.82) is 0 Å². The molecule has 1 unspecified atom stereocenters. The van der Waals surface area contributed by atoms with E-state index < -0.39 is 6.10 Å². The lowest BCUT2D eigenvalue weighted by molar-refractivity contribution is 0.0958. The first-order chi connectivity index (χ1) is 15.0. The highest BCUT2D eigenvalue weighted by Crippen LogP contribution is 2.24. The van der Waals surface area contributed by atoms with Gasteiger partial charge in [0.05, 0.1) is 17.1 Å². The minimum absolute atomic E-state index is 0.0778. The van der Waals surface area contributed by atoms with Crippen LogP contribution in [0.1, 0.15) is 34.1 Å². The number of carbonyl (C=O) groups is 1. The molecule has 0 aliphatic carbocycles. The first kappa shape index (κ1) is 20.9. The van der Waals surface area contributed by atoms with Gasteiger partial charge in [-0.2, -0.15) is 0 Å². The van der Waals surface area contributed by atoms with Crippen LogP contribution in [0.4, 0.5) is 0 Å². The van der Waals surface area contributed by atoms with Gasteiger partial charge in [-0.15, -0.1) is 0 Å². The number of β-amino-alcohol motifs (C(OH)–C–C–N with tert-alkyl or cyclic N) is 1.